The maximum atomic E-state index is 12.4. The third-order valence-electron chi connectivity index (χ3n) is 5.08. The molecule has 34 heavy (non-hydrogen) atoms. The van der Waals surface area contributed by atoms with Gasteiger partial charge in [0.2, 0.25) is 5.91 Å². The van der Waals surface area contributed by atoms with Crippen LogP contribution in [0.1, 0.15) is 24.6 Å². The summed E-state index contributed by atoms with van der Waals surface area (Å²) in [5, 5.41) is 11.0. The zero-order chi connectivity index (χ0) is 24.2. The van der Waals surface area contributed by atoms with Gasteiger partial charge >= 0.3 is 0 Å². The minimum atomic E-state index is -0.354. The predicted molar refractivity (Wildman–Crippen MR) is 128 cm³/mol. The molecule has 1 amide bonds. The lowest BCUT2D eigenvalue weighted by Gasteiger charge is -2.07. The second-order valence-corrected chi connectivity index (χ2v) is 7.47. The standard InChI is InChI=1S/C25H30N4O5/c1-3-33-16-17-34-21-10-6-19(7-11-21)24-27-25(31)22(28-29-24)12-13-23(30)26-15-14-18-4-8-20(32-2)9-5-18/h4-11H,3,12-17H2,1-2H3,(H,26,30)(H,27,29,31). The van der Waals surface area contributed by atoms with Gasteiger partial charge < -0.3 is 24.5 Å². The van der Waals surface area contributed by atoms with E-state index in [2.05, 4.69) is 20.5 Å². The van der Waals surface area contributed by atoms with E-state index in [1.807, 2.05) is 31.2 Å². The molecule has 0 spiro atoms. The first-order valence-corrected chi connectivity index (χ1v) is 11.3. The monoisotopic (exact) mass is 466 g/mol. The number of nitrogens with one attached hydrogen (secondary N) is 2. The number of hydrogen-bond donors (Lipinski definition) is 2. The van der Waals surface area contributed by atoms with E-state index in [1.165, 1.54) is 0 Å². The zero-order valence-corrected chi connectivity index (χ0v) is 19.5. The number of carbonyl (C=O) groups excluding carboxylic acids is 1. The molecular weight excluding hydrogens is 436 g/mol. The Kier molecular flexibility index (Phi) is 9.60. The van der Waals surface area contributed by atoms with Crippen molar-refractivity contribution in [3.05, 3.63) is 70.1 Å². The minimum Gasteiger partial charge on any atom is -0.497 e. The van der Waals surface area contributed by atoms with E-state index in [9.17, 15) is 9.59 Å². The van der Waals surface area contributed by atoms with E-state index in [4.69, 9.17) is 14.2 Å². The van der Waals surface area contributed by atoms with E-state index in [0.717, 1.165) is 11.3 Å². The molecule has 0 aliphatic rings. The lowest BCUT2D eigenvalue weighted by atomic mass is 10.1. The third-order valence-corrected chi connectivity index (χ3v) is 5.08. The molecule has 180 valence electrons. The van der Waals surface area contributed by atoms with E-state index in [-0.39, 0.29) is 30.0 Å². The molecule has 2 N–H and O–H groups in total. The molecule has 0 saturated carbocycles. The van der Waals surface area contributed by atoms with Gasteiger partial charge in [0.25, 0.3) is 5.56 Å². The summed E-state index contributed by atoms with van der Waals surface area (Å²) in [6.07, 6.45) is 1.08. The van der Waals surface area contributed by atoms with Crippen LogP contribution in [0.15, 0.2) is 53.3 Å². The Morgan fingerprint density at radius 1 is 0.971 bits per heavy atom. The number of aromatic nitrogens is 3. The van der Waals surface area contributed by atoms with Gasteiger partial charge in [-0.25, -0.2) is 0 Å². The van der Waals surface area contributed by atoms with E-state index in [1.54, 1.807) is 31.4 Å². The number of rotatable bonds is 13. The molecule has 0 atom stereocenters. The Labute approximate surface area is 198 Å². The zero-order valence-electron chi connectivity index (χ0n) is 19.5. The SMILES string of the molecule is CCOCCOc1ccc(-c2nnc(CCC(=O)NCCc3ccc(OC)cc3)c(=O)[nH]2)cc1. The molecule has 0 saturated heterocycles. The Balaban J connectivity index is 1.45. The number of hydrogen-bond acceptors (Lipinski definition) is 7. The Bertz CT molecular complexity index is 1100. The van der Waals surface area contributed by atoms with Gasteiger partial charge in [-0.3, -0.25) is 9.59 Å². The van der Waals surface area contributed by atoms with Crippen LogP contribution in [-0.2, 0) is 22.4 Å². The van der Waals surface area contributed by atoms with Gasteiger partial charge in [0, 0.05) is 31.6 Å². The highest BCUT2D eigenvalue weighted by molar-refractivity contribution is 5.76. The summed E-state index contributed by atoms with van der Waals surface area (Å²) in [6, 6.07) is 14.9. The van der Waals surface area contributed by atoms with Crippen LogP contribution in [0, 0.1) is 0 Å². The number of H-pyrrole nitrogens is 1. The number of carbonyl (C=O) groups is 1. The maximum absolute atomic E-state index is 12.4. The second kappa shape index (κ2) is 13.1. The molecule has 9 heteroatoms. The normalized spacial score (nSPS) is 10.6. The van der Waals surface area contributed by atoms with Gasteiger partial charge in [-0.05, 0) is 55.3 Å². The summed E-state index contributed by atoms with van der Waals surface area (Å²) in [5.41, 5.74) is 1.69. The smallest absolute Gasteiger partial charge is 0.273 e. The molecule has 0 bridgehead atoms. The molecule has 1 aromatic heterocycles. The first kappa shape index (κ1) is 24.9. The van der Waals surface area contributed by atoms with Crippen molar-refractivity contribution in [1.29, 1.82) is 0 Å². The molecule has 2 aromatic carbocycles. The quantitative estimate of drug-likeness (QED) is 0.372. The topological polar surface area (TPSA) is 115 Å². The van der Waals surface area contributed by atoms with Crippen LogP contribution in [0.3, 0.4) is 0 Å². The van der Waals surface area contributed by atoms with Crippen LogP contribution < -0.4 is 20.3 Å². The van der Waals surface area contributed by atoms with E-state index in [0.29, 0.717) is 49.9 Å². The van der Waals surface area contributed by atoms with Gasteiger partial charge in [0.1, 0.15) is 23.8 Å². The van der Waals surface area contributed by atoms with Crippen molar-refractivity contribution < 1.29 is 19.0 Å². The van der Waals surface area contributed by atoms with Gasteiger partial charge in [0.15, 0.2) is 5.82 Å². The number of ether oxygens (including phenoxy) is 3. The Morgan fingerprint density at radius 2 is 1.71 bits per heavy atom. The van der Waals surface area contributed by atoms with Crippen molar-refractivity contribution in [3.8, 4) is 22.9 Å². The molecular formula is C25H30N4O5. The molecule has 3 aromatic rings. The second-order valence-electron chi connectivity index (χ2n) is 7.47. The van der Waals surface area contributed by atoms with Crippen molar-refractivity contribution in [1.82, 2.24) is 20.5 Å². The molecule has 9 nitrogen and oxygen atoms in total. The molecule has 0 fully saturated rings. The molecule has 0 unspecified atom stereocenters. The number of benzene rings is 2. The summed E-state index contributed by atoms with van der Waals surface area (Å²) >= 11 is 0. The highest BCUT2D eigenvalue weighted by atomic mass is 16.5. The fraction of sp³-hybridized carbons (Fsp3) is 0.360. The summed E-state index contributed by atoms with van der Waals surface area (Å²) in [5.74, 6) is 1.72. The van der Waals surface area contributed by atoms with Crippen LogP contribution in [0.25, 0.3) is 11.4 Å². The molecule has 0 aliphatic heterocycles. The van der Waals surface area contributed by atoms with Gasteiger partial charge in [-0.1, -0.05) is 12.1 Å². The van der Waals surface area contributed by atoms with E-state index < -0.39 is 0 Å². The van der Waals surface area contributed by atoms with Crippen LogP contribution in [-0.4, -0.2) is 54.6 Å². The van der Waals surface area contributed by atoms with Crippen LogP contribution in [0.4, 0.5) is 0 Å². The number of aryl methyl sites for hydroxylation is 1. The summed E-state index contributed by atoms with van der Waals surface area (Å²) in [6.45, 7) is 4.09. The number of aromatic amines is 1. The Morgan fingerprint density at radius 3 is 2.38 bits per heavy atom. The van der Waals surface area contributed by atoms with Crippen molar-refractivity contribution in [2.24, 2.45) is 0 Å². The first-order valence-electron chi connectivity index (χ1n) is 11.3. The average molecular weight is 467 g/mol. The third kappa shape index (κ3) is 7.70. The van der Waals surface area contributed by atoms with Crippen molar-refractivity contribution >= 4 is 5.91 Å². The predicted octanol–water partition coefficient (Wildman–Crippen LogP) is 2.55. The number of methoxy groups -OCH3 is 1. The Hall–Kier alpha value is -3.72. The summed E-state index contributed by atoms with van der Waals surface area (Å²) in [4.78, 5) is 27.3. The van der Waals surface area contributed by atoms with Crippen LogP contribution in [0.5, 0.6) is 11.5 Å². The minimum absolute atomic E-state index is 0.140. The van der Waals surface area contributed by atoms with Crippen molar-refractivity contribution in [2.75, 3.05) is 33.5 Å². The molecule has 1 heterocycles. The number of nitrogens with zero attached hydrogens (tertiary/aromatic N) is 2. The lowest BCUT2D eigenvalue weighted by Crippen LogP contribution is -2.27. The van der Waals surface area contributed by atoms with Gasteiger partial charge in [0.05, 0.1) is 13.7 Å². The van der Waals surface area contributed by atoms with Crippen molar-refractivity contribution in [2.45, 2.75) is 26.2 Å². The largest absolute Gasteiger partial charge is 0.497 e. The average Bonchev–Trinajstić information content (AvgIpc) is 2.86. The van der Waals surface area contributed by atoms with Gasteiger partial charge in [-0.15, -0.1) is 10.2 Å². The molecule has 0 radical (unpaired) electrons. The van der Waals surface area contributed by atoms with Crippen LogP contribution >= 0.6 is 0 Å². The fourth-order valence-corrected chi connectivity index (χ4v) is 3.18. The fourth-order valence-electron chi connectivity index (χ4n) is 3.18. The van der Waals surface area contributed by atoms with Crippen LogP contribution in [0.2, 0.25) is 0 Å². The number of amides is 1. The molecule has 3 rings (SSSR count). The van der Waals surface area contributed by atoms with Crippen molar-refractivity contribution in [3.63, 3.8) is 0 Å². The summed E-state index contributed by atoms with van der Waals surface area (Å²) in [7, 11) is 1.62. The van der Waals surface area contributed by atoms with E-state index >= 15 is 0 Å². The highest BCUT2D eigenvalue weighted by Gasteiger charge is 2.10. The summed E-state index contributed by atoms with van der Waals surface area (Å²) < 4.78 is 16.0. The molecule has 0 aliphatic carbocycles. The maximum Gasteiger partial charge on any atom is 0.273 e. The first-order chi connectivity index (χ1) is 16.6. The van der Waals surface area contributed by atoms with Gasteiger partial charge in [-0.2, -0.15) is 0 Å². The highest BCUT2D eigenvalue weighted by Crippen LogP contribution is 2.18. The lowest BCUT2D eigenvalue weighted by molar-refractivity contribution is -0.121.